The molecule has 2 atom stereocenters. The predicted molar refractivity (Wildman–Crippen MR) is 101 cm³/mol. The minimum atomic E-state index is 0.0942. The van der Waals surface area contributed by atoms with Crippen LogP contribution in [0.2, 0.25) is 0 Å². The molecule has 2 aliphatic rings. The van der Waals surface area contributed by atoms with Crippen LogP contribution in [0.1, 0.15) is 56.3 Å². The highest BCUT2D eigenvalue weighted by Gasteiger charge is 2.36. The summed E-state index contributed by atoms with van der Waals surface area (Å²) in [5.74, 6) is 1.92. The second-order valence-electron chi connectivity index (χ2n) is 7.29. The Labute approximate surface area is 152 Å². The molecule has 0 bridgehead atoms. The van der Waals surface area contributed by atoms with Crippen LogP contribution in [0, 0.1) is 5.92 Å². The van der Waals surface area contributed by atoms with Crippen LogP contribution in [0.3, 0.4) is 0 Å². The molecule has 2 fully saturated rings. The first-order valence-corrected chi connectivity index (χ1v) is 9.99. The van der Waals surface area contributed by atoms with Crippen molar-refractivity contribution in [3.63, 3.8) is 0 Å². The van der Waals surface area contributed by atoms with E-state index in [1.54, 1.807) is 0 Å². The Morgan fingerprint density at radius 1 is 1.16 bits per heavy atom. The number of carbonyl (C=O) groups excluding carboxylic acids is 1. The summed E-state index contributed by atoms with van der Waals surface area (Å²) in [6.07, 6.45) is 6.72. The first-order valence-electron chi connectivity index (χ1n) is 9.99. The van der Waals surface area contributed by atoms with E-state index >= 15 is 0 Å². The maximum atomic E-state index is 12.3. The summed E-state index contributed by atoms with van der Waals surface area (Å²) >= 11 is 0. The fourth-order valence-electron chi connectivity index (χ4n) is 4.45. The van der Waals surface area contributed by atoms with Gasteiger partial charge in [-0.1, -0.05) is 6.42 Å². The van der Waals surface area contributed by atoms with Crippen LogP contribution in [0.15, 0.2) is 24.3 Å². The standard InChI is InChI=1S/C21H32N2O2/c1-3-22(4-2)21(24)18-9-11-19(12-10-18)25-16-6-14-23-15-13-17-7-5-8-20(17)23/h9-12,17,20H,3-8,13-16H2,1-2H3/t17-,20-/m1/s1. The summed E-state index contributed by atoms with van der Waals surface area (Å²) in [6, 6.07) is 8.43. The van der Waals surface area contributed by atoms with Gasteiger partial charge in [0.05, 0.1) is 6.61 Å². The third-order valence-corrected chi connectivity index (χ3v) is 5.89. The van der Waals surface area contributed by atoms with Crippen LogP contribution in [0.25, 0.3) is 0 Å². The topological polar surface area (TPSA) is 32.8 Å². The lowest BCUT2D eigenvalue weighted by molar-refractivity contribution is 0.0773. The number of ether oxygens (including phenoxy) is 1. The smallest absolute Gasteiger partial charge is 0.253 e. The van der Waals surface area contributed by atoms with Crippen molar-refractivity contribution in [1.82, 2.24) is 9.80 Å². The van der Waals surface area contributed by atoms with Crippen LogP contribution in [-0.4, -0.2) is 54.5 Å². The number of amides is 1. The molecular weight excluding hydrogens is 312 g/mol. The van der Waals surface area contributed by atoms with Crippen molar-refractivity contribution in [2.75, 3.05) is 32.8 Å². The van der Waals surface area contributed by atoms with E-state index in [1.165, 1.54) is 32.2 Å². The van der Waals surface area contributed by atoms with Crippen molar-refractivity contribution in [2.45, 2.75) is 52.0 Å². The van der Waals surface area contributed by atoms with Crippen molar-refractivity contribution in [3.8, 4) is 5.75 Å². The second-order valence-corrected chi connectivity index (χ2v) is 7.29. The van der Waals surface area contributed by atoms with Gasteiger partial charge in [0.15, 0.2) is 0 Å². The average molecular weight is 344 g/mol. The van der Waals surface area contributed by atoms with E-state index in [2.05, 4.69) is 4.90 Å². The van der Waals surface area contributed by atoms with Gasteiger partial charge in [0, 0.05) is 31.2 Å². The average Bonchev–Trinajstić information content (AvgIpc) is 3.24. The summed E-state index contributed by atoms with van der Waals surface area (Å²) in [4.78, 5) is 16.8. The molecule has 0 radical (unpaired) electrons. The van der Waals surface area contributed by atoms with Crippen molar-refractivity contribution in [1.29, 1.82) is 0 Å². The van der Waals surface area contributed by atoms with E-state index in [-0.39, 0.29) is 5.91 Å². The molecule has 0 aromatic heterocycles. The highest BCUT2D eigenvalue weighted by molar-refractivity contribution is 5.94. The van der Waals surface area contributed by atoms with Gasteiger partial charge in [-0.05, 0) is 76.3 Å². The van der Waals surface area contributed by atoms with Crippen molar-refractivity contribution < 1.29 is 9.53 Å². The van der Waals surface area contributed by atoms with Gasteiger partial charge in [0.1, 0.15) is 5.75 Å². The second kappa shape index (κ2) is 8.70. The number of hydrogen-bond acceptors (Lipinski definition) is 3. The molecule has 0 unspecified atom stereocenters. The summed E-state index contributed by atoms with van der Waals surface area (Å²) in [5.41, 5.74) is 0.736. The minimum Gasteiger partial charge on any atom is -0.494 e. The largest absolute Gasteiger partial charge is 0.494 e. The van der Waals surface area contributed by atoms with Gasteiger partial charge in [0.2, 0.25) is 0 Å². The molecule has 3 rings (SSSR count). The molecule has 1 saturated carbocycles. The van der Waals surface area contributed by atoms with E-state index in [4.69, 9.17) is 4.74 Å². The van der Waals surface area contributed by atoms with Crippen molar-refractivity contribution in [3.05, 3.63) is 29.8 Å². The number of benzene rings is 1. The molecule has 1 saturated heterocycles. The van der Waals surface area contributed by atoms with Gasteiger partial charge in [-0.15, -0.1) is 0 Å². The summed E-state index contributed by atoms with van der Waals surface area (Å²) in [5, 5.41) is 0. The normalized spacial score (nSPS) is 22.8. The van der Waals surface area contributed by atoms with Crippen LogP contribution >= 0.6 is 0 Å². The zero-order chi connectivity index (χ0) is 17.6. The summed E-state index contributed by atoms with van der Waals surface area (Å²) in [7, 11) is 0. The van der Waals surface area contributed by atoms with Gasteiger partial charge in [0.25, 0.3) is 5.91 Å². The van der Waals surface area contributed by atoms with Gasteiger partial charge in [-0.25, -0.2) is 0 Å². The Morgan fingerprint density at radius 3 is 2.64 bits per heavy atom. The lowest BCUT2D eigenvalue weighted by Gasteiger charge is -2.23. The Balaban J connectivity index is 1.41. The minimum absolute atomic E-state index is 0.0942. The number of hydrogen-bond donors (Lipinski definition) is 0. The molecule has 1 aromatic carbocycles. The van der Waals surface area contributed by atoms with Gasteiger partial charge >= 0.3 is 0 Å². The molecule has 1 heterocycles. The van der Waals surface area contributed by atoms with Crippen LogP contribution in [-0.2, 0) is 0 Å². The molecule has 1 aromatic rings. The fraction of sp³-hybridized carbons (Fsp3) is 0.667. The SMILES string of the molecule is CCN(CC)C(=O)c1ccc(OCCCN2CC[C@H]3CCC[C@H]32)cc1. The van der Waals surface area contributed by atoms with Gasteiger partial charge < -0.3 is 9.64 Å². The molecule has 1 aliphatic carbocycles. The summed E-state index contributed by atoms with van der Waals surface area (Å²) in [6.45, 7) is 8.67. The predicted octanol–water partition coefficient (Wildman–Crippen LogP) is 3.81. The molecule has 1 aliphatic heterocycles. The Kier molecular flexibility index (Phi) is 6.35. The molecule has 0 N–H and O–H groups in total. The van der Waals surface area contributed by atoms with Gasteiger partial charge in [-0.3, -0.25) is 9.69 Å². The van der Waals surface area contributed by atoms with E-state index in [0.717, 1.165) is 55.9 Å². The first-order chi connectivity index (χ1) is 12.2. The molecule has 4 heteroatoms. The number of carbonyl (C=O) groups is 1. The van der Waals surface area contributed by atoms with Gasteiger partial charge in [-0.2, -0.15) is 0 Å². The molecular formula is C21H32N2O2. The Morgan fingerprint density at radius 2 is 1.92 bits per heavy atom. The van der Waals surface area contributed by atoms with E-state index < -0.39 is 0 Å². The third kappa shape index (κ3) is 4.35. The monoisotopic (exact) mass is 344 g/mol. The lowest BCUT2D eigenvalue weighted by atomic mass is 10.0. The number of nitrogens with zero attached hydrogens (tertiary/aromatic N) is 2. The zero-order valence-corrected chi connectivity index (χ0v) is 15.7. The molecule has 4 nitrogen and oxygen atoms in total. The maximum Gasteiger partial charge on any atom is 0.253 e. The zero-order valence-electron chi connectivity index (χ0n) is 15.7. The molecule has 138 valence electrons. The van der Waals surface area contributed by atoms with Crippen LogP contribution in [0.5, 0.6) is 5.75 Å². The molecule has 0 spiro atoms. The van der Waals surface area contributed by atoms with E-state index in [9.17, 15) is 4.79 Å². The van der Waals surface area contributed by atoms with Crippen molar-refractivity contribution in [2.24, 2.45) is 5.92 Å². The highest BCUT2D eigenvalue weighted by atomic mass is 16.5. The quantitative estimate of drug-likeness (QED) is 0.672. The Bertz CT molecular complexity index is 554. The third-order valence-electron chi connectivity index (χ3n) is 5.89. The number of fused-ring (bicyclic) bond motifs is 1. The first kappa shape index (κ1) is 18.2. The number of rotatable bonds is 8. The summed E-state index contributed by atoms with van der Waals surface area (Å²) < 4.78 is 5.87. The molecule has 25 heavy (non-hydrogen) atoms. The fourth-order valence-corrected chi connectivity index (χ4v) is 4.45. The van der Waals surface area contributed by atoms with Crippen molar-refractivity contribution >= 4 is 5.91 Å². The lowest BCUT2D eigenvalue weighted by Crippen LogP contribution is -2.31. The highest BCUT2D eigenvalue weighted by Crippen LogP contribution is 2.37. The van der Waals surface area contributed by atoms with E-state index in [0.29, 0.717) is 0 Å². The van der Waals surface area contributed by atoms with Crippen LogP contribution in [0.4, 0.5) is 0 Å². The van der Waals surface area contributed by atoms with E-state index in [1.807, 2.05) is 43.0 Å². The maximum absolute atomic E-state index is 12.3. The Hall–Kier alpha value is -1.55. The van der Waals surface area contributed by atoms with Crippen LogP contribution < -0.4 is 4.74 Å². The number of likely N-dealkylation sites (tertiary alicyclic amines) is 1. The molecule has 1 amide bonds.